The zero-order chi connectivity index (χ0) is 15.3. The molecule has 0 unspecified atom stereocenters. The lowest BCUT2D eigenvalue weighted by Gasteiger charge is -2.23. The van der Waals surface area contributed by atoms with Crippen LogP contribution < -0.4 is 0 Å². The first-order chi connectivity index (χ1) is 10.00. The molecule has 0 radical (unpaired) electrons. The maximum absolute atomic E-state index is 12.6. The third-order valence-corrected chi connectivity index (χ3v) is 5.47. The molecule has 1 N–H and O–H groups in total. The van der Waals surface area contributed by atoms with Gasteiger partial charge in [0.1, 0.15) is 4.90 Å². The molecule has 1 saturated heterocycles. The molecular weight excluding hydrogens is 294 g/mol. The van der Waals surface area contributed by atoms with Crippen LogP contribution in [0, 0.1) is 0 Å². The molecular formula is C13H21N3O4S. The van der Waals surface area contributed by atoms with E-state index in [9.17, 15) is 13.2 Å². The van der Waals surface area contributed by atoms with Crippen LogP contribution in [0.4, 0.5) is 0 Å². The summed E-state index contributed by atoms with van der Waals surface area (Å²) in [6, 6.07) is 0. The second-order valence-corrected chi connectivity index (χ2v) is 7.19. The number of nitrogens with zero attached hydrogens (tertiary/aromatic N) is 3. The Balaban J connectivity index is 2.09. The van der Waals surface area contributed by atoms with Crippen LogP contribution in [0.15, 0.2) is 17.3 Å². The Morgan fingerprint density at radius 1 is 1.19 bits per heavy atom. The number of carboxylic acids is 1. The van der Waals surface area contributed by atoms with E-state index < -0.39 is 16.0 Å². The van der Waals surface area contributed by atoms with Gasteiger partial charge in [0.05, 0.1) is 19.2 Å². The van der Waals surface area contributed by atoms with E-state index in [0.29, 0.717) is 13.1 Å². The largest absolute Gasteiger partial charge is 0.481 e. The topological polar surface area (TPSA) is 92.5 Å². The van der Waals surface area contributed by atoms with Gasteiger partial charge in [-0.3, -0.25) is 9.48 Å². The van der Waals surface area contributed by atoms with Gasteiger partial charge in [-0.15, -0.1) is 0 Å². The fourth-order valence-electron chi connectivity index (χ4n) is 2.42. The van der Waals surface area contributed by atoms with Gasteiger partial charge in [-0.05, 0) is 12.8 Å². The van der Waals surface area contributed by atoms with Gasteiger partial charge in [0, 0.05) is 19.3 Å². The molecule has 1 aromatic rings. The van der Waals surface area contributed by atoms with Gasteiger partial charge in [0.25, 0.3) is 0 Å². The van der Waals surface area contributed by atoms with Crippen molar-refractivity contribution >= 4 is 16.0 Å². The molecule has 0 saturated carbocycles. The van der Waals surface area contributed by atoms with Crippen molar-refractivity contribution in [1.29, 1.82) is 0 Å². The zero-order valence-corrected chi connectivity index (χ0v) is 12.8. The van der Waals surface area contributed by atoms with Gasteiger partial charge in [0.15, 0.2) is 0 Å². The molecule has 1 fully saturated rings. The van der Waals surface area contributed by atoms with Crippen LogP contribution in [0.2, 0.25) is 0 Å². The van der Waals surface area contributed by atoms with E-state index in [-0.39, 0.29) is 17.9 Å². The van der Waals surface area contributed by atoms with Crippen LogP contribution in [-0.4, -0.2) is 46.7 Å². The second-order valence-electron chi connectivity index (χ2n) is 5.25. The van der Waals surface area contributed by atoms with Crippen molar-refractivity contribution in [2.75, 3.05) is 13.1 Å². The molecule has 2 rings (SSSR count). The summed E-state index contributed by atoms with van der Waals surface area (Å²) in [4.78, 5) is 10.7. The zero-order valence-electron chi connectivity index (χ0n) is 11.9. The Morgan fingerprint density at radius 3 is 2.43 bits per heavy atom. The number of hydrogen-bond acceptors (Lipinski definition) is 4. The number of carboxylic acid groups (broad SMARTS) is 1. The summed E-state index contributed by atoms with van der Waals surface area (Å²) >= 11 is 0. The number of hydrogen-bond donors (Lipinski definition) is 1. The molecule has 1 aliphatic heterocycles. The molecule has 0 atom stereocenters. The van der Waals surface area contributed by atoms with E-state index >= 15 is 0 Å². The Bertz CT molecular complexity index is 574. The van der Waals surface area contributed by atoms with Gasteiger partial charge in [0.2, 0.25) is 10.0 Å². The molecule has 1 aromatic heterocycles. The number of rotatable bonds is 5. The van der Waals surface area contributed by atoms with Crippen LogP contribution in [0.25, 0.3) is 0 Å². The Hall–Kier alpha value is -1.41. The number of aromatic nitrogens is 2. The highest BCUT2D eigenvalue weighted by Crippen LogP contribution is 2.19. The minimum atomic E-state index is -3.52. The fraction of sp³-hybridized carbons (Fsp3) is 0.692. The monoisotopic (exact) mass is 315 g/mol. The summed E-state index contributed by atoms with van der Waals surface area (Å²) in [5, 5.41) is 12.6. The van der Waals surface area contributed by atoms with Crippen LogP contribution in [0.3, 0.4) is 0 Å². The third-order valence-electron chi connectivity index (χ3n) is 3.62. The van der Waals surface area contributed by atoms with Crippen molar-refractivity contribution in [3.05, 3.63) is 12.4 Å². The molecule has 21 heavy (non-hydrogen) atoms. The predicted molar refractivity (Wildman–Crippen MR) is 76.3 cm³/mol. The summed E-state index contributed by atoms with van der Waals surface area (Å²) in [6.07, 6.45) is 7.69. The van der Waals surface area contributed by atoms with Crippen LogP contribution >= 0.6 is 0 Å². The fourth-order valence-corrected chi connectivity index (χ4v) is 3.89. The highest BCUT2D eigenvalue weighted by atomic mass is 32.2. The van der Waals surface area contributed by atoms with E-state index in [1.165, 1.54) is 27.8 Å². The molecule has 118 valence electrons. The quantitative estimate of drug-likeness (QED) is 0.884. The summed E-state index contributed by atoms with van der Waals surface area (Å²) in [5.74, 6) is -0.932. The van der Waals surface area contributed by atoms with Crippen molar-refractivity contribution in [1.82, 2.24) is 14.1 Å². The maximum Gasteiger partial charge on any atom is 0.305 e. The molecule has 1 aliphatic rings. The Labute approximate surface area is 124 Å². The molecule has 7 nitrogen and oxygen atoms in total. The van der Waals surface area contributed by atoms with Gasteiger partial charge in [-0.1, -0.05) is 19.3 Å². The molecule has 0 aromatic carbocycles. The van der Waals surface area contributed by atoms with E-state index in [1.807, 2.05) is 0 Å². The van der Waals surface area contributed by atoms with Gasteiger partial charge in [-0.25, -0.2) is 8.42 Å². The smallest absolute Gasteiger partial charge is 0.305 e. The lowest BCUT2D eigenvalue weighted by Crippen LogP contribution is -2.33. The van der Waals surface area contributed by atoms with Gasteiger partial charge < -0.3 is 5.11 Å². The van der Waals surface area contributed by atoms with Crippen molar-refractivity contribution in [3.8, 4) is 0 Å². The highest BCUT2D eigenvalue weighted by molar-refractivity contribution is 7.89. The SMILES string of the molecule is O=C(O)CCn1cc(S(=O)(=O)N2CCCCCCC2)cn1. The normalized spacial score (nSPS) is 18.1. The average Bonchev–Trinajstić information content (AvgIpc) is 2.84. The molecule has 0 aliphatic carbocycles. The summed E-state index contributed by atoms with van der Waals surface area (Å²) in [7, 11) is -3.52. The van der Waals surface area contributed by atoms with E-state index in [1.54, 1.807) is 0 Å². The Kier molecular flexibility index (Phi) is 5.35. The molecule has 0 bridgehead atoms. The van der Waals surface area contributed by atoms with Crippen LogP contribution in [0.5, 0.6) is 0 Å². The molecule has 0 spiro atoms. The number of sulfonamides is 1. The van der Waals surface area contributed by atoms with Gasteiger partial charge in [-0.2, -0.15) is 9.40 Å². The molecule has 8 heteroatoms. The molecule has 0 amide bonds. The first-order valence-electron chi connectivity index (χ1n) is 7.24. The first-order valence-corrected chi connectivity index (χ1v) is 8.68. The minimum absolute atomic E-state index is 0.0785. The molecule has 2 heterocycles. The second kappa shape index (κ2) is 7.04. The van der Waals surface area contributed by atoms with E-state index in [2.05, 4.69) is 5.10 Å². The van der Waals surface area contributed by atoms with Crippen molar-refractivity contribution in [3.63, 3.8) is 0 Å². The number of carbonyl (C=O) groups is 1. The summed E-state index contributed by atoms with van der Waals surface area (Å²) < 4.78 is 28.0. The Morgan fingerprint density at radius 2 is 1.81 bits per heavy atom. The summed E-state index contributed by atoms with van der Waals surface area (Å²) in [6.45, 7) is 1.26. The average molecular weight is 315 g/mol. The van der Waals surface area contributed by atoms with Crippen molar-refractivity contribution in [2.24, 2.45) is 0 Å². The van der Waals surface area contributed by atoms with Crippen molar-refractivity contribution in [2.45, 2.75) is 50.0 Å². The maximum atomic E-state index is 12.6. The standard InChI is InChI=1S/C13H21N3O4S/c17-13(18)6-9-15-11-12(10-14-15)21(19,20)16-7-4-2-1-3-5-8-16/h10-11H,1-9H2,(H,17,18). The predicted octanol–water partition coefficient (Wildman–Crippen LogP) is 1.31. The third kappa shape index (κ3) is 4.28. The lowest BCUT2D eigenvalue weighted by molar-refractivity contribution is -0.137. The summed E-state index contributed by atoms with van der Waals surface area (Å²) in [5.41, 5.74) is 0. The van der Waals surface area contributed by atoms with Crippen LogP contribution in [0.1, 0.15) is 38.5 Å². The number of aliphatic carboxylic acids is 1. The minimum Gasteiger partial charge on any atom is -0.481 e. The lowest BCUT2D eigenvalue weighted by atomic mass is 10.1. The van der Waals surface area contributed by atoms with Crippen LogP contribution in [-0.2, 0) is 21.4 Å². The van der Waals surface area contributed by atoms with Crippen molar-refractivity contribution < 1.29 is 18.3 Å². The number of aryl methyl sites for hydroxylation is 1. The highest BCUT2D eigenvalue weighted by Gasteiger charge is 2.26. The van der Waals surface area contributed by atoms with Gasteiger partial charge >= 0.3 is 5.97 Å². The van der Waals surface area contributed by atoms with E-state index in [0.717, 1.165) is 25.7 Å². The van der Waals surface area contributed by atoms with E-state index in [4.69, 9.17) is 5.11 Å². The first kappa shape index (κ1) is 16.0.